The van der Waals surface area contributed by atoms with Crippen molar-refractivity contribution in [2.75, 3.05) is 60.8 Å². The van der Waals surface area contributed by atoms with Gasteiger partial charge in [-0.1, -0.05) is 0 Å². The van der Waals surface area contributed by atoms with Crippen molar-refractivity contribution < 1.29 is 18.9 Å². The quantitative estimate of drug-likeness (QED) is 0.401. The van der Waals surface area contributed by atoms with Crippen LogP contribution in [-0.4, -0.2) is 85.3 Å². The Bertz CT molecular complexity index is 1510. The third-order valence-electron chi connectivity index (χ3n) is 6.99. The molecule has 0 spiro atoms. The largest absolute Gasteiger partial charge is 0.493 e. The Morgan fingerprint density at radius 1 is 0.857 bits per heavy atom. The van der Waals surface area contributed by atoms with Crippen LogP contribution in [0.3, 0.4) is 0 Å². The zero-order valence-electron chi connectivity index (χ0n) is 20.0. The van der Waals surface area contributed by atoms with E-state index < -0.39 is 0 Å². The maximum atomic E-state index is 13.9. The lowest BCUT2D eigenvalue weighted by Gasteiger charge is -2.32. The van der Waals surface area contributed by atoms with Crippen LogP contribution >= 0.6 is 0 Å². The van der Waals surface area contributed by atoms with Crippen molar-refractivity contribution >= 4 is 32.7 Å². The summed E-state index contributed by atoms with van der Waals surface area (Å²) in [6, 6.07) is 7.25. The number of piperazine rings is 1. The van der Waals surface area contributed by atoms with Gasteiger partial charge in [0.25, 0.3) is 5.56 Å². The zero-order chi connectivity index (χ0) is 24.1. The van der Waals surface area contributed by atoms with Gasteiger partial charge in [-0.3, -0.25) is 9.69 Å². The minimum Gasteiger partial charge on any atom is -0.493 e. The molecule has 1 fully saturated rings. The molecule has 0 saturated carbocycles. The fourth-order valence-electron chi connectivity index (χ4n) is 4.96. The predicted octanol–water partition coefficient (Wildman–Crippen LogP) is 2.09. The van der Waals surface area contributed by atoms with Crippen molar-refractivity contribution in [3.8, 4) is 23.0 Å². The van der Waals surface area contributed by atoms with E-state index in [2.05, 4.69) is 27.0 Å². The normalized spacial score (nSPS) is 16.4. The van der Waals surface area contributed by atoms with Gasteiger partial charge in [0.1, 0.15) is 5.52 Å². The van der Waals surface area contributed by atoms with Gasteiger partial charge in [-0.15, -0.1) is 10.2 Å². The standard InChI is InChI=1S/C25H27N5O5/c1-28-4-6-29(7-5-28)8-9-30-24-17-12-21-22(35-14-34-21)13-18(17)26-27-23(24)15-10-19(32-2)20(33-3)11-16(15)25(30)31/h10-13H,4-9,14H2,1-3H3. The molecule has 0 amide bonds. The van der Waals surface area contributed by atoms with Gasteiger partial charge in [-0.2, -0.15) is 0 Å². The minimum absolute atomic E-state index is 0.102. The van der Waals surface area contributed by atoms with E-state index in [1.807, 2.05) is 16.7 Å². The molecular weight excluding hydrogens is 450 g/mol. The molecule has 10 heteroatoms. The summed E-state index contributed by atoms with van der Waals surface area (Å²) in [6.07, 6.45) is 0. The van der Waals surface area contributed by atoms with Crippen LogP contribution in [0.1, 0.15) is 0 Å². The van der Waals surface area contributed by atoms with E-state index in [1.165, 1.54) is 0 Å². The SMILES string of the molecule is COc1cc2c(=O)n(CCN3CCN(C)CC3)c3c4cc5c(cc4nnc3c2cc1OC)OCO5. The summed E-state index contributed by atoms with van der Waals surface area (Å²) in [5.41, 5.74) is 1.90. The second kappa shape index (κ2) is 8.54. The molecule has 4 heterocycles. The number of pyridine rings is 1. The highest BCUT2D eigenvalue weighted by Gasteiger charge is 2.22. The second-order valence-corrected chi connectivity index (χ2v) is 8.97. The fraction of sp³-hybridized carbons (Fsp3) is 0.400. The summed E-state index contributed by atoms with van der Waals surface area (Å²) in [5, 5.41) is 11.0. The lowest BCUT2D eigenvalue weighted by molar-refractivity contribution is 0.150. The number of hydrogen-bond acceptors (Lipinski definition) is 9. The molecule has 0 aliphatic carbocycles. The van der Waals surface area contributed by atoms with Crippen molar-refractivity contribution in [2.24, 2.45) is 0 Å². The zero-order valence-corrected chi connectivity index (χ0v) is 20.0. The molecule has 2 aliphatic heterocycles. The molecule has 35 heavy (non-hydrogen) atoms. The number of ether oxygens (including phenoxy) is 4. The Balaban J connectivity index is 1.60. The van der Waals surface area contributed by atoms with Crippen LogP contribution in [0.25, 0.3) is 32.7 Å². The molecule has 4 aromatic rings. The van der Waals surface area contributed by atoms with Crippen LogP contribution < -0.4 is 24.5 Å². The van der Waals surface area contributed by atoms with Gasteiger partial charge in [0.05, 0.1) is 30.6 Å². The van der Waals surface area contributed by atoms with Gasteiger partial charge in [0.15, 0.2) is 23.0 Å². The second-order valence-electron chi connectivity index (χ2n) is 8.97. The van der Waals surface area contributed by atoms with E-state index >= 15 is 0 Å². The van der Waals surface area contributed by atoms with E-state index in [-0.39, 0.29) is 12.4 Å². The summed E-state index contributed by atoms with van der Waals surface area (Å²) < 4.78 is 24.0. The molecule has 0 radical (unpaired) electrons. The van der Waals surface area contributed by atoms with Crippen LogP contribution in [0.5, 0.6) is 23.0 Å². The number of methoxy groups -OCH3 is 2. The maximum Gasteiger partial charge on any atom is 0.259 e. The van der Waals surface area contributed by atoms with Gasteiger partial charge < -0.3 is 28.4 Å². The third kappa shape index (κ3) is 3.60. The minimum atomic E-state index is -0.102. The fourth-order valence-corrected chi connectivity index (χ4v) is 4.96. The Morgan fingerprint density at radius 3 is 2.26 bits per heavy atom. The first-order valence-corrected chi connectivity index (χ1v) is 11.7. The summed E-state index contributed by atoms with van der Waals surface area (Å²) in [6.45, 7) is 5.42. The topological polar surface area (TPSA) is 91.2 Å². The molecule has 0 atom stereocenters. The van der Waals surface area contributed by atoms with E-state index in [1.54, 1.807) is 26.4 Å². The number of fused-ring (bicyclic) bond motifs is 6. The summed E-state index contributed by atoms with van der Waals surface area (Å²) in [7, 11) is 5.27. The molecule has 182 valence electrons. The first kappa shape index (κ1) is 21.9. The molecule has 6 rings (SSSR count). The highest BCUT2D eigenvalue weighted by molar-refractivity contribution is 6.13. The number of hydrogen-bond donors (Lipinski definition) is 0. The Morgan fingerprint density at radius 2 is 1.54 bits per heavy atom. The molecule has 0 unspecified atom stereocenters. The molecule has 0 bridgehead atoms. The lowest BCUT2D eigenvalue weighted by atomic mass is 10.1. The van der Waals surface area contributed by atoms with Gasteiger partial charge in [0, 0.05) is 56.1 Å². The van der Waals surface area contributed by atoms with E-state index in [0.29, 0.717) is 51.3 Å². The number of likely N-dealkylation sites (N-methyl/N-ethyl adjacent to an activating group) is 1. The molecular formula is C25H27N5O5. The van der Waals surface area contributed by atoms with E-state index in [4.69, 9.17) is 18.9 Å². The van der Waals surface area contributed by atoms with Crippen LogP contribution in [0, 0.1) is 0 Å². The van der Waals surface area contributed by atoms with Crippen molar-refractivity contribution in [2.45, 2.75) is 6.54 Å². The molecule has 2 aliphatic rings. The van der Waals surface area contributed by atoms with Crippen LogP contribution in [0.2, 0.25) is 0 Å². The highest BCUT2D eigenvalue weighted by atomic mass is 16.7. The van der Waals surface area contributed by atoms with Crippen molar-refractivity contribution in [3.63, 3.8) is 0 Å². The summed E-state index contributed by atoms with van der Waals surface area (Å²) in [4.78, 5) is 18.7. The monoisotopic (exact) mass is 477 g/mol. The van der Waals surface area contributed by atoms with Crippen molar-refractivity contribution in [3.05, 3.63) is 34.6 Å². The van der Waals surface area contributed by atoms with Gasteiger partial charge in [-0.25, -0.2) is 0 Å². The van der Waals surface area contributed by atoms with Gasteiger partial charge >= 0.3 is 0 Å². The van der Waals surface area contributed by atoms with E-state index in [9.17, 15) is 4.79 Å². The molecule has 10 nitrogen and oxygen atoms in total. The average molecular weight is 478 g/mol. The van der Waals surface area contributed by atoms with Gasteiger partial charge in [0.2, 0.25) is 6.79 Å². The number of nitrogens with zero attached hydrogens (tertiary/aromatic N) is 5. The van der Waals surface area contributed by atoms with Crippen molar-refractivity contribution in [1.82, 2.24) is 24.6 Å². The Labute approximate surface area is 201 Å². The third-order valence-corrected chi connectivity index (χ3v) is 6.99. The number of aromatic nitrogens is 3. The van der Waals surface area contributed by atoms with Crippen LogP contribution in [0.4, 0.5) is 0 Å². The number of benzene rings is 2. The molecule has 2 aromatic carbocycles. The number of rotatable bonds is 5. The molecule has 2 aromatic heterocycles. The smallest absolute Gasteiger partial charge is 0.259 e. The first-order valence-electron chi connectivity index (χ1n) is 11.7. The van der Waals surface area contributed by atoms with Crippen molar-refractivity contribution in [1.29, 1.82) is 0 Å². The Hall–Kier alpha value is -3.63. The first-order chi connectivity index (χ1) is 17.1. The maximum absolute atomic E-state index is 13.9. The summed E-state index contributed by atoms with van der Waals surface area (Å²) >= 11 is 0. The lowest BCUT2D eigenvalue weighted by Crippen LogP contribution is -2.45. The summed E-state index contributed by atoms with van der Waals surface area (Å²) in [5.74, 6) is 2.30. The predicted molar refractivity (Wildman–Crippen MR) is 132 cm³/mol. The average Bonchev–Trinajstić information content (AvgIpc) is 3.34. The highest BCUT2D eigenvalue weighted by Crippen LogP contribution is 2.39. The molecule has 1 saturated heterocycles. The Kier molecular flexibility index (Phi) is 5.34. The molecule has 0 N–H and O–H groups in total. The van der Waals surface area contributed by atoms with E-state index in [0.717, 1.165) is 43.6 Å². The van der Waals surface area contributed by atoms with Gasteiger partial charge in [-0.05, 0) is 25.2 Å². The van der Waals surface area contributed by atoms with Crippen LogP contribution in [-0.2, 0) is 6.54 Å². The van der Waals surface area contributed by atoms with Crippen LogP contribution in [0.15, 0.2) is 29.1 Å².